The molecule has 2 heteroatoms. The molecular formula is C13H17NO. The lowest BCUT2D eigenvalue weighted by atomic mass is 10.1. The molecule has 1 aliphatic rings. The fraction of sp³-hybridized carbons (Fsp3) is 0.385. The molecular weight excluding hydrogens is 186 g/mol. The van der Waals surface area contributed by atoms with Gasteiger partial charge in [0.15, 0.2) is 5.72 Å². The largest absolute Gasteiger partial charge is 0.474 e. The zero-order valence-electron chi connectivity index (χ0n) is 9.74. The summed E-state index contributed by atoms with van der Waals surface area (Å²) in [6.07, 6.45) is 3.75. The molecule has 0 N–H and O–H groups in total. The van der Waals surface area contributed by atoms with Crippen molar-refractivity contribution < 1.29 is 4.74 Å². The fourth-order valence-electron chi connectivity index (χ4n) is 2.02. The van der Waals surface area contributed by atoms with Crippen molar-refractivity contribution in [2.24, 2.45) is 0 Å². The van der Waals surface area contributed by atoms with Gasteiger partial charge in [0.1, 0.15) is 6.26 Å². The molecule has 0 unspecified atom stereocenters. The molecule has 0 atom stereocenters. The quantitative estimate of drug-likeness (QED) is 0.694. The molecule has 0 saturated carbocycles. The Labute approximate surface area is 91.2 Å². The Hall–Kier alpha value is -1.44. The summed E-state index contributed by atoms with van der Waals surface area (Å²) < 4.78 is 5.56. The van der Waals surface area contributed by atoms with Crippen LogP contribution in [0.5, 0.6) is 0 Å². The van der Waals surface area contributed by atoms with Crippen LogP contribution >= 0.6 is 0 Å². The molecule has 0 spiro atoms. The summed E-state index contributed by atoms with van der Waals surface area (Å²) >= 11 is 0. The summed E-state index contributed by atoms with van der Waals surface area (Å²) in [5.41, 5.74) is 3.52. The van der Waals surface area contributed by atoms with Gasteiger partial charge in [-0.25, -0.2) is 0 Å². The van der Waals surface area contributed by atoms with Crippen molar-refractivity contribution in [1.29, 1.82) is 0 Å². The zero-order valence-corrected chi connectivity index (χ0v) is 9.74. The Morgan fingerprint density at radius 3 is 2.20 bits per heavy atom. The number of anilines is 1. The Morgan fingerprint density at radius 1 is 1.13 bits per heavy atom. The highest BCUT2D eigenvalue weighted by molar-refractivity contribution is 5.62. The predicted molar refractivity (Wildman–Crippen MR) is 62.7 cm³/mol. The van der Waals surface area contributed by atoms with E-state index in [1.54, 1.807) is 6.26 Å². The second kappa shape index (κ2) is 3.30. The van der Waals surface area contributed by atoms with Crippen molar-refractivity contribution in [3.63, 3.8) is 0 Å². The van der Waals surface area contributed by atoms with Crippen molar-refractivity contribution in [3.05, 3.63) is 41.8 Å². The van der Waals surface area contributed by atoms with Crippen LogP contribution in [0, 0.1) is 13.8 Å². The lowest BCUT2D eigenvalue weighted by Gasteiger charge is -2.33. The van der Waals surface area contributed by atoms with E-state index in [-0.39, 0.29) is 5.72 Å². The van der Waals surface area contributed by atoms with Crippen molar-refractivity contribution >= 4 is 5.69 Å². The molecule has 1 aromatic rings. The molecule has 0 amide bonds. The Morgan fingerprint density at radius 2 is 1.73 bits per heavy atom. The molecule has 80 valence electrons. The third kappa shape index (κ3) is 1.60. The van der Waals surface area contributed by atoms with Crippen LogP contribution < -0.4 is 4.90 Å². The molecule has 0 radical (unpaired) electrons. The molecule has 1 heterocycles. The van der Waals surface area contributed by atoms with Gasteiger partial charge in [0.25, 0.3) is 0 Å². The second-order valence-electron chi connectivity index (χ2n) is 4.46. The van der Waals surface area contributed by atoms with E-state index in [1.807, 2.05) is 6.20 Å². The minimum atomic E-state index is -0.281. The molecule has 2 nitrogen and oxygen atoms in total. The van der Waals surface area contributed by atoms with Crippen LogP contribution in [0.4, 0.5) is 5.69 Å². The molecule has 0 fully saturated rings. The topological polar surface area (TPSA) is 12.5 Å². The van der Waals surface area contributed by atoms with Gasteiger partial charge in [-0.05, 0) is 38.8 Å². The van der Waals surface area contributed by atoms with Gasteiger partial charge in [0.2, 0.25) is 0 Å². The third-order valence-electron chi connectivity index (χ3n) is 2.83. The van der Waals surface area contributed by atoms with Gasteiger partial charge in [-0.3, -0.25) is 0 Å². The summed E-state index contributed by atoms with van der Waals surface area (Å²) in [4.78, 5) is 2.18. The van der Waals surface area contributed by atoms with Crippen LogP contribution in [0.15, 0.2) is 30.7 Å². The Kier molecular flexibility index (Phi) is 2.22. The molecule has 0 aliphatic carbocycles. The van der Waals surface area contributed by atoms with Crippen LogP contribution in [0.1, 0.15) is 25.0 Å². The van der Waals surface area contributed by atoms with Crippen molar-refractivity contribution in [1.82, 2.24) is 0 Å². The predicted octanol–water partition coefficient (Wildman–Crippen LogP) is 3.35. The van der Waals surface area contributed by atoms with E-state index in [1.165, 1.54) is 16.8 Å². The lowest BCUT2D eigenvalue weighted by molar-refractivity contribution is 0.0844. The SMILES string of the molecule is Cc1cccc(C)c1N1C=COC1(C)C. The molecule has 1 aromatic carbocycles. The highest BCUT2D eigenvalue weighted by Crippen LogP contribution is 2.34. The zero-order chi connectivity index (χ0) is 11.1. The minimum absolute atomic E-state index is 0.281. The van der Waals surface area contributed by atoms with E-state index in [0.29, 0.717) is 0 Å². The van der Waals surface area contributed by atoms with Gasteiger partial charge in [0.05, 0.1) is 5.69 Å². The smallest absolute Gasteiger partial charge is 0.180 e. The maximum Gasteiger partial charge on any atom is 0.180 e. The number of para-hydroxylation sites is 1. The summed E-state index contributed by atoms with van der Waals surface area (Å²) in [6, 6.07) is 6.34. The average molecular weight is 203 g/mol. The first kappa shape index (κ1) is 10.1. The number of benzene rings is 1. The molecule has 0 bridgehead atoms. The van der Waals surface area contributed by atoms with Crippen LogP contribution in [0.3, 0.4) is 0 Å². The standard InChI is InChI=1S/C13H17NO/c1-10-6-5-7-11(2)12(10)14-8-9-15-13(14,3)4/h5-9H,1-4H3. The third-order valence-corrected chi connectivity index (χ3v) is 2.83. The number of aryl methyl sites for hydroxylation is 2. The maximum atomic E-state index is 5.56. The van der Waals surface area contributed by atoms with E-state index in [9.17, 15) is 0 Å². The summed E-state index contributed by atoms with van der Waals surface area (Å²) in [7, 11) is 0. The maximum absolute atomic E-state index is 5.56. The molecule has 0 saturated heterocycles. The first-order valence-corrected chi connectivity index (χ1v) is 5.22. The Balaban J connectivity index is 2.50. The average Bonchev–Trinajstić information content (AvgIpc) is 2.46. The first-order valence-electron chi connectivity index (χ1n) is 5.22. The summed E-state index contributed by atoms with van der Waals surface area (Å²) in [6.45, 7) is 8.40. The van der Waals surface area contributed by atoms with Gasteiger partial charge < -0.3 is 9.64 Å². The fourth-order valence-corrected chi connectivity index (χ4v) is 2.02. The van der Waals surface area contributed by atoms with Gasteiger partial charge in [0, 0.05) is 6.20 Å². The van der Waals surface area contributed by atoms with E-state index in [2.05, 4.69) is 50.8 Å². The van der Waals surface area contributed by atoms with Crippen LogP contribution in [-0.4, -0.2) is 5.72 Å². The van der Waals surface area contributed by atoms with Crippen molar-refractivity contribution in [2.75, 3.05) is 4.90 Å². The molecule has 15 heavy (non-hydrogen) atoms. The highest BCUT2D eigenvalue weighted by atomic mass is 16.5. The van der Waals surface area contributed by atoms with Gasteiger partial charge in [-0.1, -0.05) is 18.2 Å². The number of hydrogen-bond donors (Lipinski definition) is 0. The highest BCUT2D eigenvalue weighted by Gasteiger charge is 2.31. The van der Waals surface area contributed by atoms with Gasteiger partial charge in [-0.15, -0.1) is 0 Å². The van der Waals surface area contributed by atoms with E-state index in [4.69, 9.17) is 4.74 Å². The normalized spacial score (nSPS) is 18.0. The van der Waals surface area contributed by atoms with Crippen LogP contribution in [0.2, 0.25) is 0 Å². The number of ether oxygens (including phenoxy) is 1. The molecule has 0 aromatic heterocycles. The van der Waals surface area contributed by atoms with E-state index < -0.39 is 0 Å². The van der Waals surface area contributed by atoms with E-state index in [0.717, 1.165) is 0 Å². The van der Waals surface area contributed by atoms with Crippen molar-refractivity contribution in [2.45, 2.75) is 33.4 Å². The number of hydrogen-bond acceptors (Lipinski definition) is 2. The molecule has 2 rings (SSSR count). The van der Waals surface area contributed by atoms with Gasteiger partial charge >= 0.3 is 0 Å². The van der Waals surface area contributed by atoms with E-state index >= 15 is 0 Å². The Bertz CT molecular complexity index is 387. The number of nitrogens with zero attached hydrogens (tertiary/aromatic N) is 1. The van der Waals surface area contributed by atoms with Gasteiger partial charge in [-0.2, -0.15) is 0 Å². The molecule has 1 aliphatic heterocycles. The summed E-state index contributed by atoms with van der Waals surface area (Å²) in [5, 5.41) is 0. The monoisotopic (exact) mass is 203 g/mol. The lowest BCUT2D eigenvalue weighted by Crippen LogP contribution is -2.38. The second-order valence-corrected chi connectivity index (χ2v) is 4.46. The number of rotatable bonds is 1. The van der Waals surface area contributed by atoms with Crippen molar-refractivity contribution in [3.8, 4) is 0 Å². The van der Waals surface area contributed by atoms with Crippen LogP contribution in [0.25, 0.3) is 0 Å². The van der Waals surface area contributed by atoms with Crippen LogP contribution in [-0.2, 0) is 4.74 Å². The first-order chi connectivity index (χ1) is 7.02. The summed E-state index contributed by atoms with van der Waals surface area (Å²) in [5.74, 6) is 0. The minimum Gasteiger partial charge on any atom is -0.474 e.